The molecule has 0 N–H and O–H groups in total. The maximum absolute atomic E-state index is 11.3. The zero-order chi connectivity index (χ0) is 12.3. The van der Waals surface area contributed by atoms with E-state index in [4.69, 9.17) is 4.74 Å². The number of cyclic esters (lactones) is 1. The predicted octanol–water partition coefficient (Wildman–Crippen LogP) is 2.19. The van der Waals surface area contributed by atoms with Crippen molar-refractivity contribution < 1.29 is 9.53 Å². The van der Waals surface area contributed by atoms with E-state index in [0.717, 1.165) is 19.6 Å². The lowest BCUT2D eigenvalue weighted by Crippen LogP contribution is -2.34. The second kappa shape index (κ2) is 5.51. The average molecular weight is 254 g/mol. The highest BCUT2D eigenvalue weighted by atomic mass is 32.1. The summed E-state index contributed by atoms with van der Waals surface area (Å²) in [5.41, 5.74) is 0. The van der Waals surface area contributed by atoms with Crippen LogP contribution in [0.25, 0.3) is 0 Å². The molecule has 4 nitrogen and oxygen atoms in total. The largest absolute Gasteiger partial charge is 0.448 e. The molecule has 0 radical (unpaired) electrons. The Morgan fingerprint density at radius 2 is 2.47 bits per heavy atom. The first kappa shape index (κ1) is 12.4. The first-order valence-corrected chi connectivity index (χ1v) is 6.72. The van der Waals surface area contributed by atoms with Gasteiger partial charge in [0.15, 0.2) is 0 Å². The maximum Gasteiger partial charge on any atom is 0.409 e. The van der Waals surface area contributed by atoms with E-state index in [9.17, 15) is 4.79 Å². The van der Waals surface area contributed by atoms with Crippen molar-refractivity contribution in [2.24, 2.45) is 0 Å². The van der Waals surface area contributed by atoms with Crippen molar-refractivity contribution >= 4 is 17.4 Å². The summed E-state index contributed by atoms with van der Waals surface area (Å²) in [5, 5.41) is 2.09. The molecule has 1 aliphatic heterocycles. The smallest absolute Gasteiger partial charge is 0.409 e. The number of rotatable bonds is 5. The van der Waals surface area contributed by atoms with Gasteiger partial charge in [0.1, 0.15) is 6.61 Å². The number of amides is 1. The highest BCUT2D eigenvalue weighted by Gasteiger charge is 2.22. The minimum atomic E-state index is -0.179. The summed E-state index contributed by atoms with van der Waals surface area (Å²) in [6.07, 6.45) is -0.179. The Hall–Kier alpha value is -1.07. The lowest BCUT2D eigenvalue weighted by molar-refractivity contribution is 0.152. The van der Waals surface area contributed by atoms with Crippen molar-refractivity contribution in [3.05, 3.63) is 22.4 Å². The van der Waals surface area contributed by atoms with Crippen LogP contribution in [0.15, 0.2) is 17.5 Å². The Bertz CT molecular complexity index is 367. The number of ether oxygens (including phenoxy) is 1. The molecule has 2 rings (SSSR count). The first-order valence-electron chi connectivity index (χ1n) is 5.84. The Balaban J connectivity index is 1.81. The quantitative estimate of drug-likeness (QED) is 0.807. The van der Waals surface area contributed by atoms with Crippen LogP contribution in [-0.2, 0) is 4.74 Å². The number of carbonyl (C=O) groups excluding carboxylic acids is 1. The van der Waals surface area contributed by atoms with E-state index in [2.05, 4.69) is 36.4 Å². The van der Waals surface area contributed by atoms with Crippen LogP contribution in [0, 0.1) is 0 Å². The summed E-state index contributed by atoms with van der Waals surface area (Å²) in [4.78, 5) is 16.7. The normalized spacial score (nSPS) is 17.6. The van der Waals surface area contributed by atoms with Gasteiger partial charge < -0.3 is 9.64 Å². The molecule has 1 fully saturated rings. The molecule has 0 aliphatic carbocycles. The monoisotopic (exact) mass is 254 g/mol. The number of nitrogens with zero attached hydrogens (tertiary/aromatic N) is 2. The van der Waals surface area contributed by atoms with Gasteiger partial charge in [0, 0.05) is 24.0 Å². The fourth-order valence-corrected chi connectivity index (χ4v) is 2.70. The molecule has 17 heavy (non-hydrogen) atoms. The summed E-state index contributed by atoms with van der Waals surface area (Å²) in [6.45, 7) is 5.05. The second-order valence-electron chi connectivity index (χ2n) is 4.27. The van der Waals surface area contributed by atoms with Gasteiger partial charge in [-0.15, -0.1) is 11.3 Å². The number of likely N-dealkylation sites (N-methyl/N-ethyl adjacent to an activating group) is 1. The molecule has 2 heterocycles. The zero-order valence-electron chi connectivity index (χ0n) is 10.3. The van der Waals surface area contributed by atoms with Crippen molar-refractivity contribution in [2.75, 3.05) is 33.3 Å². The Morgan fingerprint density at radius 3 is 3.06 bits per heavy atom. The summed E-state index contributed by atoms with van der Waals surface area (Å²) < 4.78 is 4.90. The zero-order valence-corrected chi connectivity index (χ0v) is 11.1. The average Bonchev–Trinajstić information content (AvgIpc) is 2.96. The van der Waals surface area contributed by atoms with Crippen LogP contribution in [0.2, 0.25) is 0 Å². The fourth-order valence-electron chi connectivity index (χ4n) is 1.85. The van der Waals surface area contributed by atoms with Gasteiger partial charge in [0.05, 0.1) is 6.54 Å². The van der Waals surface area contributed by atoms with Gasteiger partial charge in [0.25, 0.3) is 0 Å². The molecule has 0 aromatic carbocycles. The Kier molecular flexibility index (Phi) is 4.02. The molecular weight excluding hydrogens is 236 g/mol. The molecule has 0 spiro atoms. The molecule has 1 aliphatic rings. The topological polar surface area (TPSA) is 32.8 Å². The van der Waals surface area contributed by atoms with Crippen molar-refractivity contribution in [1.29, 1.82) is 0 Å². The van der Waals surface area contributed by atoms with E-state index in [1.54, 1.807) is 16.2 Å². The fraction of sp³-hybridized carbons (Fsp3) is 0.583. The van der Waals surface area contributed by atoms with Gasteiger partial charge >= 0.3 is 6.09 Å². The SMILES string of the molecule is C[C@@H](c1cccs1)N(C)CCN1CCOC1=O. The van der Waals surface area contributed by atoms with Crippen molar-refractivity contribution in [3.63, 3.8) is 0 Å². The minimum Gasteiger partial charge on any atom is -0.448 e. The van der Waals surface area contributed by atoms with Gasteiger partial charge in [-0.3, -0.25) is 4.90 Å². The van der Waals surface area contributed by atoms with Crippen LogP contribution in [0.5, 0.6) is 0 Å². The van der Waals surface area contributed by atoms with E-state index in [1.165, 1.54) is 4.88 Å². The van der Waals surface area contributed by atoms with E-state index in [-0.39, 0.29) is 6.09 Å². The lowest BCUT2D eigenvalue weighted by Gasteiger charge is -2.25. The summed E-state index contributed by atoms with van der Waals surface area (Å²) >= 11 is 1.77. The predicted molar refractivity (Wildman–Crippen MR) is 68.3 cm³/mol. The van der Waals surface area contributed by atoms with Crippen LogP contribution >= 0.6 is 11.3 Å². The highest BCUT2D eigenvalue weighted by molar-refractivity contribution is 7.10. The minimum absolute atomic E-state index is 0.179. The number of hydrogen-bond acceptors (Lipinski definition) is 4. The molecule has 0 bridgehead atoms. The van der Waals surface area contributed by atoms with E-state index >= 15 is 0 Å². The Labute approximate surface area is 106 Å². The van der Waals surface area contributed by atoms with E-state index in [0.29, 0.717) is 12.6 Å². The van der Waals surface area contributed by atoms with Crippen LogP contribution < -0.4 is 0 Å². The van der Waals surface area contributed by atoms with Crippen LogP contribution in [0.1, 0.15) is 17.8 Å². The van der Waals surface area contributed by atoms with E-state index < -0.39 is 0 Å². The van der Waals surface area contributed by atoms with Gasteiger partial charge in [-0.1, -0.05) is 6.07 Å². The summed E-state index contributed by atoms with van der Waals surface area (Å²) in [5.74, 6) is 0. The van der Waals surface area contributed by atoms with Crippen molar-refractivity contribution in [2.45, 2.75) is 13.0 Å². The molecule has 1 amide bonds. The maximum atomic E-state index is 11.3. The number of hydrogen-bond donors (Lipinski definition) is 0. The second-order valence-corrected chi connectivity index (χ2v) is 5.25. The van der Waals surface area contributed by atoms with Crippen molar-refractivity contribution in [3.8, 4) is 0 Å². The molecule has 0 unspecified atom stereocenters. The summed E-state index contributed by atoms with van der Waals surface area (Å²) in [7, 11) is 2.09. The molecule has 0 saturated carbocycles. The number of carbonyl (C=O) groups is 1. The van der Waals surface area contributed by atoms with Gasteiger partial charge in [-0.05, 0) is 25.4 Å². The van der Waals surface area contributed by atoms with Gasteiger partial charge in [-0.2, -0.15) is 0 Å². The summed E-state index contributed by atoms with van der Waals surface area (Å²) in [6, 6.07) is 4.62. The third-order valence-electron chi connectivity index (χ3n) is 3.18. The molecular formula is C12H18N2O2S. The van der Waals surface area contributed by atoms with Gasteiger partial charge in [0.2, 0.25) is 0 Å². The molecule has 94 valence electrons. The van der Waals surface area contributed by atoms with Crippen LogP contribution in [-0.4, -0.2) is 49.2 Å². The molecule has 1 aromatic rings. The third-order valence-corrected chi connectivity index (χ3v) is 4.23. The highest BCUT2D eigenvalue weighted by Crippen LogP contribution is 2.23. The van der Waals surface area contributed by atoms with E-state index in [1.807, 2.05) is 0 Å². The molecule has 1 atom stereocenters. The first-order chi connectivity index (χ1) is 8.18. The lowest BCUT2D eigenvalue weighted by atomic mass is 10.2. The van der Waals surface area contributed by atoms with Gasteiger partial charge in [-0.25, -0.2) is 4.79 Å². The van der Waals surface area contributed by atoms with Crippen molar-refractivity contribution in [1.82, 2.24) is 9.80 Å². The third kappa shape index (κ3) is 2.98. The van der Waals surface area contributed by atoms with Crippen LogP contribution in [0.4, 0.5) is 4.79 Å². The number of thiophene rings is 1. The molecule has 1 saturated heterocycles. The molecule has 5 heteroatoms. The standard InChI is InChI=1S/C12H18N2O2S/c1-10(11-4-3-9-17-11)13(2)5-6-14-7-8-16-12(14)15/h3-4,9-10H,5-8H2,1-2H3/t10-/m0/s1. The van der Waals surface area contributed by atoms with Crippen LogP contribution in [0.3, 0.4) is 0 Å². The molecule has 1 aromatic heterocycles. The Morgan fingerprint density at radius 1 is 1.65 bits per heavy atom.